The molecule has 4 heterocycles. The number of ketones is 1. The predicted octanol–water partition coefficient (Wildman–Crippen LogP) is 3.47. The fourth-order valence-electron chi connectivity index (χ4n) is 5.49. The number of nitrogens with zero attached hydrogens (tertiary/aromatic N) is 2. The van der Waals surface area contributed by atoms with Gasteiger partial charge in [0.15, 0.2) is 0 Å². The molecule has 1 amide bonds. The molecule has 2 aromatic rings. The molecule has 156 valence electrons. The molecule has 4 aliphatic rings. The lowest BCUT2D eigenvalue weighted by Crippen LogP contribution is -2.34. The van der Waals surface area contributed by atoms with E-state index in [2.05, 4.69) is 9.97 Å². The summed E-state index contributed by atoms with van der Waals surface area (Å²) in [5, 5.41) is 0. The number of hydrogen-bond donors (Lipinski definition) is 2. The van der Waals surface area contributed by atoms with Crippen molar-refractivity contribution in [1.29, 1.82) is 0 Å². The lowest BCUT2D eigenvalue weighted by molar-refractivity contribution is -0.126. The Morgan fingerprint density at radius 2 is 2.23 bits per heavy atom. The summed E-state index contributed by atoms with van der Waals surface area (Å²) in [7, 11) is 1.64. The Hall–Kier alpha value is -3.61. The van der Waals surface area contributed by atoms with Crippen LogP contribution in [0.5, 0.6) is 5.75 Å². The van der Waals surface area contributed by atoms with E-state index in [0.29, 0.717) is 23.9 Å². The van der Waals surface area contributed by atoms with Crippen molar-refractivity contribution in [2.75, 3.05) is 13.7 Å². The molecule has 1 saturated heterocycles. The zero-order valence-electron chi connectivity index (χ0n) is 17.6. The number of aromatic amines is 2. The van der Waals surface area contributed by atoms with Crippen LogP contribution in [0, 0.1) is 11.3 Å². The number of fused-ring (bicyclic) bond motifs is 1. The molecule has 6 rings (SSSR count). The van der Waals surface area contributed by atoms with Crippen LogP contribution in [0.2, 0.25) is 0 Å². The van der Waals surface area contributed by atoms with Crippen LogP contribution >= 0.6 is 0 Å². The normalized spacial score (nSPS) is 27.2. The van der Waals surface area contributed by atoms with Gasteiger partial charge in [0.1, 0.15) is 11.5 Å². The first kappa shape index (κ1) is 18.2. The topological polar surface area (TPSA) is 90.6 Å². The SMILES string of the molecule is COc1cc(-c2ccc[nH]2)[nH]c1/C=C1\N=C2C(=O)C=C3N(C(C)=O)CC4CC34C2=C1C. The van der Waals surface area contributed by atoms with Gasteiger partial charge in [-0.2, -0.15) is 0 Å². The second kappa shape index (κ2) is 5.97. The third-order valence-corrected chi connectivity index (χ3v) is 7.01. The monoisotopic (exact) mass is 414 g/mol. The molecule has 7 nitrogen and oxygen atoms in total. The van der Waals surface area contributed by atoms with Crippen molar-refractivity contribution in [1.82, 2.24) is 14.9 Å². The highest BCUT2D eigenvalue weighted by atomic mass is 16.5. The molecular weight excluding hydrogens is 392 g/mol. The number of aromatic nitrogens is 2. The van der Waals surface area contributed by atoms with Gasteiger partial charge in [0.25, 0.3) is 0 Å². The van der Waals surface area contributed by atoms with Gasteiger partial charge in [-0.25, -0.2) is 4.99 Å². The first-order valence-corrected chi connectivity index (χ1v) is 10.4. The molecule has 2 fully saturated rings. The minimum absolute atomic E-state index is 0.00834. The van der Waals surface area contributed by atoms with Crippen molar-refractivity contribution in [3.05, 3.63) is 58.7 Å². The van der Waals surface area contributed by atoms with Crippen LogP contribution in [0.25, 0.3) is 17.5 Å². The van der Waals surface area contributed by atoms with Crippen molar-refractivity contribution in [3.63, 3.8) is 0 Å². The number of methoxy groups -OCH3 is 1. The fourth-order valence-corrected chi connectivity index (χ4v) is 5.49. The zero-order chi connectivity index (χ0) is 21.5. The highest BCUT2D eigenvalue weighted by Crippen LogP contribution is 2.70. The molecule has 7 heteroatoms. The van der Waals surface area contributed by atoms with Gasteiger partial charge in [0, 0.05) is 42.9 Å². The number of ether oxygens (including phenoxy) is 1. The Balaban J connectivity index is 1.45. The summed E-state index contributed by atoms with van der Waals surface area (Å²) < 4.78 is 5.57. The third-order valence-electron chi connectivity index (χ3n) is 7.01. The number of H-pyrrole nitrogens is 2. The summed E-state index contributed by atoms with van der Waals surface area (Å²) in [6.45, 7) is 4.27. The molecule has 0 bridgehead atoms. The molecule has 2 aromatic heterocycles. The molecule has 31 heavy (non-hydrogen) atoms. The lowest BCUT2D eigenvalue weighted by Gasteiger charge is -2.28. The summed E-state index contributed by atoms with van der Waals surface area (Å²) in [6.07, 6.45) is 6.41. The molecule has 2 N–H and O–H groups in total. The summed E-state index contributed by atoms with van der Waals surface area (Å²) >= 11 is 0. The second-order valence-corrected chi connectivity index (χ2v) is 8.63. The Kier molecular flexibility index (Phi) is 3.50. The van der Waals surface area contributed by atoms with E-state index in [0.717, 1.165) is 46.0 Å². The van der Waals surface area contributed by atoms with Gasteiger partial charge in [-0.05, 0) is 48.6 Å². The average molecular weight is 414 g/mol. The van der Waals surface area contributed by atoms with Gasteiger partial charge in [-0.3, -0.25) is 9.59 Å². The van der Waals surface area contributed by atoms with E-state index in [1.165, 1.54) is 0 Å². The van der Waals surface area contributed by atoms with E-state index in [1.807, 2.05) is 37.4 Å². The quantitative estimate of drug-likeness (QED) is 0.806. The Morgan fingerprint density at radius 3 is 2.94 bits per heavy atom. The van der Waals surface area contributed by atoms with E-state index in [-0.39, 0.29) is 17.1 Å². The minimum Gasteiger partial charge on any atom is -0.494 e. The minimum atomic E-state index is -0.229. The molecule has 1 saturated carbocycles. The molecule has 2 unspecified atom stereocenters. The molecule has 1 spiro atoms. The van der Waals surface area contributed by atoms with Crippen molar-refractivity contribution in [2.24, 2.45) is 16.3 Å². The van der Waals surface area contributed by atoms with Gasteiger partial charge < -0.3 is 19.6 Å². The molecule has 2 aliphatic heterocycles. The highest BCUT2D eigenvalue weighted by Gasteiger charge is 2.69. The van der Waals surface area contributed by atoms with Crippen LogP contribution in [-0.4, -0.2) is 45.9 Å². The lowest BCUT2D eigenvalue weighted by atomic mass is 9.79. The maximum absolute atomic E-state index is 12.9. The summed E-state index contributed by atoms with van der Waals surface area (Å²) in [5.41, 5.74) is 6.59. The Morgan fingerprint density at radius 1 is 1.39 bits per heavy atom. The fraction of sp³-hybridized carbons (Fsp3) is 0.292. The largest absolute Gasteiger partial charge is 0.494 e. The van der Waals surface area contributed by atoms with Gasteiger partial charge in [0.2, 0.25) is 11.7 Å². The Bertz CT molecular complexity index is 1290. The van der Waals surface area contributed by atoms with Crippen LogP contribution in [0.15, 0.2) is 58.0 Å². The zero-order valence-corrected chi connectivity index (χ0v) is 17.6. The standard InChI is InChI=1S/C24H22N4O3/c1-12-16(7-18-20(31-3)8-17(26-18)15-5-4-6-25-15)27-23-19(30)9-21-24(22(12)23)10-14(24)11-28(21)13(2)29/h4-9,14,25-26H,10-11H2,1-3H3/b16-7-. The average Bonchev–Trinajstić information content (AvgIpc) is 3.24. The van der Waals surface area contributed by atoms with Crippen LogP contribution in [0.4, 0.5) is 0 Å². The molecule has 0 radical (unpaired) electrons. The van der Waals surface area contributed by atoms with Crippen LogP contribution in [0.3, 0.4) is 0 Å². The van der Waals surface area contributed by atoms with Crippen LogP contribution < -0.4 is 4.74 Å². The van der Waals surface area contributed by atoms with Crippen molar-refractivity contribution in [2.45, 2.75) is 20.3 Å². The Labute approximate surface area is 179 Å². The van der Waals surface area contributed by atoms with E-state index in [4.69, 9.17) is 9.73 Å². The van der Waals surface area contributed by atoms with Crippen molar-refractivity contribution >= 4 is 23.5 Å². The number of carbonyl (C=O) groups is 2. The number of hydrogen-bond acceptors (Lipinski definition) is 4. The number of amides is 1. The smallest absolute Gasteiger partial charge is 0.223 e. The number of rotatable bonds is 3. The molecule has 2 aliphatic carbocycles. The number of nitrogens with one attached hydrogen (secondary N) is 2. The number of aliphatic imine (C=N–C) groups is 1. The number of allylic oxidation sites excluding steroid dienone is 3. The van der Waals surface area contributed by atoms with E-state index in [9.17, 15) is 9.59 Å². The van der Waals surface area contributed by atoms with Crippen molar-refractivity contribution in [3.8, 4) is 17.1 Å². The predicted molar refractivity (Wildman–Crippen MR) is 116 cm³/mol. The molecular formula is C24H22N4O3. The third kappa shape index (κ3) is 2.31. The van der Waals surface area contributed by atoms with Crippen molar-refractivity contribution < 1.29 is 14.3 Å². The van der Waals surface area contributed by atoms with Gasteiger partial charge in [-0.15, -0.1) is 0 Å². The maximum atomic E-state index is 12.9. The van der Waals surface area contributed by atoms with E-state index < -0.39 is 0 Å². The summed E-state index contributed by atoms with van der Waals surface area (Å²) in [6, 6.07) is 5.87. The summed E-state index contributed by atoms with van der Waals surface area (Å²) in [5.74, 6) is 0.944. The van der Waals surface area contributed by atoms with Crippen LogP contribution in [-0.2, 0) is 9.59 Å². The van der Waals surface area contributed by atoms with Crippen LogP contribution in [0.1, 0.15) is 26.0 Å². The van der Waals surface area contributed by atoms with Gasteiger partial charge in [0.05, 0.1) is 29.9 Å². The van der Waals surface area contributed by atoms with E-state index >= 15 is 0 Å². The van der Waals surface area contributed by atoms with Gasteiger partial charge >= 0.3 is 0 Å². The number of likely N-dealkylation sites (tertiary alicyclic amines) is 1. The second-order valence-electron chi connectivity index (χ2n) is 8.63. The molecule has 2 atom stereocenters. The summed E-state index contributed by atoms with van der Waals surface area (Å²) in [4.78, 5) is 38.1. The maximum Gasteiger partial charge on any atom is 0.223 e. The van der Waals surface area contributed by atoms with Gasteiger partial charge in [-0.1, -0.05) is 0 Å². The highest BCUT2D eigenvalue weighted by molar-refractivity contribution is 6.52. The first-order chi connectivity index (χ1) is 14.9. The number of carbonyl (C=O) groups excluding carboxylic acids is 2. The molecule has 0 aromatic carbocycles. The number of piperidine rings is 1. The first-order valence-electron chi connectivity index (χ1n) is 10.4. The van der Waals surface area contributed by atoms with E-state index in [1.54, 1.807) is 25.0 Å².